The third kappa shape index (κ3) is 3.31. The molecule has 4 heterocycles. The van der Waals surface area contributed by atoms with Crippen LogP contribution < -0.4 is 9.88 Å². The van der Waals surface area contributed by atoms with E-state index in [1.54, 1.807) is 0 Å². The van der Waals surface area contributed by atoms with Crippen molar-refractivity contribution in [3.05, 3.63) is 56.8 Å². The summed E-state index contributed by atoms with van der Waals surface area (Å²) < 4.78 is 15.2. The van der Waals surface area contributed by atoms with Crippen molar-refractivity contribution >= 4 is 54.8 Å². The fourth-order valence-corrected chi connectivity index (χ4v) is 7.33. The number of halogens is 1. The smallest absolute Gasteiger partial charge is 0.380 e. The minimum absolute atomic E-state index is 0.109. The second kappa shape index (κ2) is 8.01. The van der Waals surface area contributed by atoms with Crippen LogP contribution in [0.4, 0.5) is 5.82 Å². The van der Waals surface area contributed by atoms with Crippen molar-refractivity contribution in [2.75, 3.05) is 18.0 Å². The van der Waals surface area contributed by atoms with Crippen LogP contribution in [0, 0.1) is 14.9 Å². The number of rotatable bonds is 5. The molecule has 1 N–H and O–H groups in total. The van der Waals surface area contributed by atoms with Crippen molar-refractivity contribution in [3.8, 4) is 0 Å². The van der Waals surface area contributed by atoms with Gasteiger partial charge in [0.05, 0.1) is 15.8 Å². The molecule has 0 saturated carbocycles. The second-order valence-corrected chi connectivity index (χ2v) is 11.7. The largest absolute Gasteiger partial charge is 0.463 e. The zero-order chi connectivity index (χ0) is 22.7. The fraction of sp³-hybridized carbons (Fsp3) is 0.440. The van der Waals surface area contributed by atoms with E-state index < -0.39 is 9.57 Å². The van der Waals surface area contributed by atoms with Crippen LogP contribution in [-0.2, 0) is 17.3 Å². The average Bonchev–Trinajstić information content (AvgIpc) is 3.47. The number of pyridine rings is 1. The maximum absolute atomic E-state index is 11.8. The van der Waals surface area contributed by atoms with Crippen molar-refractivity contribution < 1.29 is 4.46 Å². The minimum atomic E-state index is -0.490. The molecule has 0 bridgehead atoms. The number of hydrogen-bond donors (Lipinski definition) is 1. The molecule has 1 radical (unpaired) electrons. The molecule has 0 amide bonds. The van der Waals surface area contributed by atoms with E-state index in [4.69, 9.17) is 4.98 Å². The molecule has 1 aromatic carbocycles. The predicted molar refractivity (Wildman–Crippen MR) is 139 cm³/mol. The van der Waals surface area contributed by atoms with Gasteiger partial charge in [0.25, 0.3) is 0 Å². The van der Waals surface area contributed by atoms with Gasteiger partial charge >= 0.3 is 9.57 Å². The number of fused-ring (bicyclic) bond motifs is 1. The Bertz CT molecular complexity index is 1340. The van der Waals surface area contributed by atoms with Gasteiger partial charge in [-0.25, -0.2) is 9.97 Å². The highest BCUT2D eigenvalue weighted by Crippen LogP contribution is 2.53. The van der Waals surface area contributed by atoms with Crippen molar-refractivity contribution in [1.82, 2.24) is 19.4 Å². The Balaban J connectivity index is 1.31. The standard InChI is InChI=1S/C25H27IN5OSi/c1-15(2)12-16-4-3-5-17-13-25(22(21(16)17)29-33-32)8-10-30(11-9-25)24-19-14-27-23-18(26)6-7-20(28-24)31(19)23/h3-7,14-15,22,29H,8-13H2,1-2H3/t22-/m1/s1. The van der Waals surface area contributed by atoms with Crippen molar-refractivity contribution in [2.45, 2.75) is 45.6 Å². The maximum Gasteiger partial charge on any atom is 0.463 e. The molecule has 6 nitrogen and oxygen atoms in total. The van der Waals surface area contributed by atoms with E-state index in [1.165, 1.54) is 16.7 Å². The summed E-state index contributed by atoms with van der Waals surface area (Å²) in [5.74, 6) is 1.64. The summed E-state index contributed by atoms with van der Waals surface area (Å²) >= 11 is 2.34. The average molecular weight is 569 g/mol. The first-order valence-corrected chi connectivity index (χ1v) is 13.7. The molecule has 2 aliphatic rings. The van der Waals surface area contributed by atoms with Gasteiger partial charge in [0.1, 0.15) is 11.2 Å². The lowest BCUT2D eigenvalue weighted by atomic mass is 9.72. The molecule has 3 aromatic heterocycles. The van der Waals surface area contributed by atoms with Gasteiger partial charge < -0.3 is 14.3 Å². The third-order valence-corrected chi connectivity index (χ3v) is 8.90. The summed E-state index contributed by atoms with van der Waals surface area (Å²) in [5, 5.41) is 0. The molecule has 169 valence electrons. The number of hydrogen-bond acceptors (Lipinski definition) is 4. The highest BCUT2D eigenvalue weighted by molar-refractivity contribution is 14.1. The van der Waals surface area contributed by atoms with Crippen LogP contribution in [-0.4, -0.2) is 37.0 Å². The number of nitrogens with one attached hydrogen (secondary N) is 1. The predicted octanol–water partition coefficient (Wildman–Crippen LogP) is 4.56. The van der Waals surface area contributed by atoms with Crippen LogP contribution in [0.3, 0.4) is 0 Å². The Morgan fingerprint density at radius 2 is 2.06 bits per heavy atom. The monoisotopic (exact) mass is 568 g/mol. The van der Waals surface area contributed by atoms with Gasteiger partial charge in [0.15, 0.2) is 11.5 Å². The highest BCUT2D eigenvalue weighted by Gasteiger charge is 2.48. The van der Waals surface area contributed by atoms with Crippen molar-refractivity contribution in [2.24, 2.45) is 11.3 Å². The molecular weight excluding hydrogens is 541 g/mol. The molecule has 1 fully saturated rings. The Morgan fingerprint density at radius 1 is 1.24 bits per heavy atom. The lowest BCUT2D eigenvalue weighted by Gasteiger charge is -2.43. The lowest BCUT2D eigenvalue weighted by molar-refractivity contribution is 0.175. The Morgan fingerprint density at radius 3 is 2.82 bits per heavy atom. The first-order chi connectivity index (χ1) is 16.0. The van der Waals surface area contributed by atoms with Gasteiger partial charge in [0.2, 0.25) is 0 Å². The molecular formula is C25H27IN5OSi. The number of anilines is 1. The van der Waals surface area contributed by atoms with Crippen LogP contribution >= 0.6 is 22.6 Å². The SMILES string of the molecule is CC(C)Cc1cccc2c1[C@@H](N[Si]=O)C1(CCN(c3nc4ccc(I)c5ncc3n45)CC1)C2. The number of benzene rings is 1. The fourth-order valence-electron chi connectivity index (χ4n) is 6.20. The van der Waals surface area contributed by atoms with E-state index >= 15 is 0 Å². The molecule has 4 aromatic rings. The maximum atomic E-state index is 11.8. The Hall–Kier alpha value is -2.07. The molecule has 1 aliphatic carbocycles. The van der Waals surface area contributed by atoms with Crippen molar-refractivity contribution in [3.63, 3.8) is 0 Å². The molecule has 33 heavy (non-hydrogen) atoms. The van der Waals surface area contributed by atoms with Crippen molar-refractivity contribution in [1.29, 1.82) is 0 Å². The first-order valence-electron chi connectivity index (χ1n) is 11.7. The molecule has 0 unspecified atom stereocenters. The summed E-state index contributed by atoms with van der Waals surface area (Å²) in [6, 6.07) is 11.1. The zero-order valence-corrected chi connectivity index (χ0v) is 22.1. The Kier molecular flexibility index (Phi) is 5.21. The van der Waals surface area contributed by atoms with E-state index in [-0.39, 0.29) is 11.5 Å². The third-order valence-electron chi connectivity index (χ3n) is 7.65. The quantitative estimate of drug-likeness (QED) is 0.283. The summed E-state index contributed by atoms with van der Waals surface area (Å²) in [6.07, 6.45) is 6.20. The van der Waals surface area contributed by atoms with E-state index in [1.807, 2.05) is 6.20 Å². The summed E-state index contributed by atoms with van der Waals surface area (Å²) in [6.45, 7) is 6.44. The van der Waals surface area contributed by atoms with Gasteiger partial charge in [-0.15, -0.1) is 0 Å². The van der Waals surface area contributed by atoms with Gasteiger partial charge in [-0.1, -0.05) is 32.0 Å². The van der Waals surface area contributed by atoms with Gasteiger partial charge in [0, 0.05) is 18.5 Å². The summed E-state index contributed by atoms with van der Waals surface area (Å²) in [7, 11) is -0.490. The molecule has 1 spiro atoms. The summed E-state index contributed by atoms with van der Waals surface area (Å²) in [4.78, 5) is 15.4. The molecule has 1 saturated heterocycles. The molecule has 6 rings (SSSR count). The number of imidazole rings is 2. The van der Waals surface area contributed by atoms with Crippen LogP contribution in [0.2, 0.25) is 0 Å². The van der Waals surface area contributed by atoms with Gasteiger partial charge in [-0.05, 0) is 83.0 Å². The Labute approximate surface area is 209 Å². The minimum Gasteiger partial charge on any atom is -0.380 e. The number of piperidine rings is 1. The topological polar surface area (TPSA) is 62.5 Å². The van der Waals surface area contributed by atoms with Crippen LogP contribution in [0.25, 0.3) is 16.8 Å². The van der Waals surface area contributed by atoms with Crippen LogP contribution in [0.5, 0.6) is 0 Å². The normalized spacial score (nSPS) is 19.8. The van der Waals surface area contributed by atoms with Gasteiger partial charge in [-0.3, -0.25) is 4.40 Å². The van der Waals surface area contributed by atoms with Crippen LogP contribution in [0.1, 0.15) is 49.4 Å². The highest BCUT2D eigenvalue weighted by atomic mass is 127. The molecule has 1 atom stereocenters. The molecule has 8 heteroatoms. The molecule has 1 aliphatic heterocycles. The number of nitrogens with zero attached hydrogens (tertiary/aromatic N) is 4. The van der Waals surface area contributed by atoms with Gasteiger partial charge in [-0.2, -0.15) is 0 Å². The summed E-state index contributed by atoms with van der Waals surface area (Å²) in [5.41, 5.74) is 7.43. The number of aromatic nitrogens is 3. The van der Waals surface area contributed by atoms with E-state index in [9.17, 15) is 4.46 Å². The van der Waals surface area contributed by atoms with Crippen LogP contribution in [0.15, 0.2) is 36.5 Å². The van der Waals surface area contributed by atoms with E-state index in [2.05, 4.69) is 86.0 Å². The van der Waals surface area contributed by atoms with E-state index in [0.717, 1.165) is 65.0 Å². The second-order valence-electron chi connectivity index (χ2n) is 10.1. The zero-order valence-electron chi connectivity index (χ0n) is 18.9. The van der Waals surface area contributed by atoms with E-state index in [0.29, 0.717) is 5.92 Å². The lowest BCUT2D eigenvalue weighted by Crippen LogP contribution is -2.46. The first kappa shape index (κ1) is 21.5.